The first kappa shape index (κ1) is 17.8. The summed E-state index contributed by atoms with van der Waals surface area (Å²) in [5.41, 5.74) is 2.22. The summed E-state index contributed by atoms with van der Waals surface area (Å²) in [6.07, 6.45) is 9.09. The minimum atomic E-state index is -0.164. The molecular formula is C20H26N2O3. The number of hydrogen-bond acceptors (Lipinski definition) is 4. The van der Waals surface area contributed by atoms with Crippen LogP contribution in [-0.4, -0.2) is 36.6 Å². The molecule has 1 aromatic rings. The maximum Gasteiger partial charge on any atom is 0.266 e. The zero-order valence-corrected chi connectivity index (χ0v) is 14.6. The zero-order chi connectivity index (χ0) is 17.5. The van der Waals surface area contributed by atoms with Crippen molar-refractivity contribution in [3.8, 4) is 0 Å². The summed E-state index contributed by atoms with van der Waals surface area (Å²) in [6.45, 7) is 5.09. The highest BCUT2D eigenvalue weighted by molar-refractivity contribution is 5.91. The molecule has 2 heterocycles. The highest BCUT2D eigenvalue weighted by atomic mass is 16.7. The number of fused-ring (bicyclic) bond motifs is 1. The lowest BCUT2D eigenvalue weighted by atomic mass is 9.95. The molecule has 2 unspecified atom stereocenters. The molecule has 0 bridgehead atoms. The third kappa shape index (κ3) is 4.55. The molecule has 0 aromatic heterocycles. The second-order valence-corrected chi connectivity index (χ2v) is 6.44. The average molecular weight is 342 g/mol. The van der Waals surface area contributed by atoms with Crippen molar-refractivity contribution >= 4 is 12.1 Å². The van der Waals surface area contributed by atoms with Crippen molar-refractivity contribution in [2.45, 2.75) is 50.9 Å². The lowest BCUT2D eigenvalue weighted by molar-refractivity contribution is -0.162. The van der Waals surface area contributed by atoms with E-state index in [0.29, 0.717) is 6.61 Å². The summed E-state index contributed by atoms with van der Waals surface area (Å²) in [5.74, 6) is -0.164. The number of rotatable bonds is 7. The van der Waals surface area contributed by atoms with E-state index < -0.39 is 0 Å². The van der Waals surface area contributed by atoms with Crippen LogP contribution in [0, 0.1) is 0 Å². The van der Waals surface area contributed by atoms with E-state index in [4.69, 9.17) is 9.47 Å². The van der Waals surface area contributed by atoms with Crippen LogP contribution in [0.25, 0.3) is 0 Å². The van der Waals surface area contributed by atoms with Crippen LogP contribution in [0.1, 0.15) is 55.7 Å². The van der Waals surface area contributed by atoms with E-state index in [2.05, 4.69) is 17.7 Å². The van der Waals surface area contributed by atoms with Gasteiger partial charge in [-0.2, -0.15) is 5.10 Å². The van der Waals surface area contributed by atoms with Crippen LogP contribution < -0.4 is 0 Å². The van der Waals surface area contributed by atoms with Crippen molar-refractivity contribution in [1.29, 1.82) is 0 Å². The minimum Gasteiger partial charge on any atom is -0.353 e. The molecule has 134 valence electrons. The van der Waals surface area contributed by atoms with Gasteiger partial charge in [0.05, 0.1) is 12.3 Å². The smallest absolute Gasteiger partial charge is 0.266 e. The maximum absolute atomic E-state index is 12.1. The van der Waals surface area contributed by atoms with Gasteiger partial charge in [0.1, 0.15) is 0 Å². The molecule has 2 aliphatic heterocycles. The van der Waals surface area contributed by atoms with E-state index in [-0.39, 0.29) is 18.2 Å². The van der Waals surface area contributed by atoms with Crippen LogP contribution in [0.4, 0.5) is 0 Å². The van der Waals surface area contributed by atoms with Gasteiger partial charge in [0.25, 0.3) is 5.91 Å². The van der Waals surface area contributed by atoms with E-state index in [0.717, 1.165) is 49.8 Å². The Morgan fingerprint density at radius 1 is 1.36 bits per heavy atom. The Hall–Kier alpha value is -1.98. The molecule has 1 amide bonds. The SMILES string of the molecule is C=CC(=O)N1N=Cc2ccccc2C1CCCCOC1CCCCO1. The van der Waals surface area contributed by atoms with Gasteiger partial charge in [-0.05, 0) is 55.7 Å². The standard InChI is InChI=1S/C20H26N2O3/c1-2-19(23)22-18(17-10-4-3-9-16(17)15-21-22)11-5-7-13-24-20-12-6-8-14-25-20/h2-4,9-10,15,18,20H,1,5-8,11-14H2. The van der Waals surface area contributed by atoms with Gasteiger partial charge in [-0.15, -0.1) is 0 Å². The van der Waals surface area contributed by atoms with Crippen LogP contribution in [-0.2, 0) is 14.3 Å². The van der Waals surface area contributed by atoms with Gasteiger partial charge in [0, 0.05) is 13.2 Å². The summed E-state index contributed by atoms with van der Waals surface area (Å²) < 4.78 is 11.4. The highest BCUT2D eigenvalue weighted by Crippen LogP contribution is 2.32. The van der Waals surface area contributed by atoms with E-state index in [1.807, 2.05) is 18.2 Å². The van der Waals surface area contributed by atoms with Crippen molar-refractivity contribution in [3.63, 3.8) is 0 Å². The quantitative estimate of drug-likeness (QED) is 0.559. The van der Waals surface area contributed by atoms with Gasteiger partial charge in [-0.1, -0.05) is 30.8 Å². The average Bonchev–Trinajstić information content (AvgIpc) is 2.68. The van der Waals surface area contributed by atoms with E-state index >= 15 is 0 Å². The molecule has 2 aliphatic rings. The minimum absolute atomic E-state index is 0.0346. The van der Waals surface area contributed by atoms with E-state index in [1.54, 1.807) is 11.2 Å². The number of carbonyl (C=O) groups is 1. The molecular weight excluding hydrogens is 316 g/mol. The predicted octanol–water partition coefficient (Wildman–Crippen LogP) is 3.80. The van der Waals surface area contributed by atoms with Gasteiger partial charge in [-0.25, -0.2) is 5.01 Å². The first-order valence-electron chi connectivity index (χ1n) is 9.11. The number of ether oxygens (including phenoxy) is 2. The number of hydrazone groups is 1. The molecule has 1 aromatic carbocycles. The number of carbonyl (C=O) groups excluding carboxylic acids is 1. The first-order valence-corrected chi connectivity index (χ1v) is 9.11. The Morgan fingerprint density at radius 2 is 2.24 bits per heavy atom. The molecule has 0 radical (unpaired) electrons. The Labute approximate surface area is 149 Å². The summed E-state index contributed by atoms with van der Waals surface area (Å²) in [6, 6.07) is 8.06. The van der Waals surface area contributed by atoms with Crippen molar-refractivity contribution in [1.82, 2.24) is 5.01 Å². The summed E-state index contributed by atoms with van der Waals surface area (Å²) >= 11 is 0. The van der Waals surface area contributed by atoms with Crippen LogP contribution in [0.3, 0.4) is 0 Å². The Morgan fingerprint density at radius 3 is 3.04 bits per heavy atom. The lowest BCUT2D eigenvalue weighted by Gasteiger charge is -2.31. The Balaban J connectivity index is 1.53. The summed E-state index contributed by atoms with van der Waals surface area (Å²) in [4.78, 5) is 12.1. The number of benzene rings is 1. The van der Waals surface area contributed by atoms with Crippen LogP contribution >= 0.6 is 0 Å². The lowest BCUT2D eigenvalue weighted by Crippen LogP contribution is -2.32. The van der Waals surface area contributed by atoms with Gasteiger partial charge in [0.2, 0.25) is 0 Å². The molecule has 5 heteroatoms. The second kappa shape index (κ2) is 8.92. The van der Waals surface area contributed by atoms with Gasteiger partial charge >= 0.3 is 0 Å². The van der Waals surface area contributed by atoms with Crippen LogP contribution in [0.2, 0.25) is 0 Å². The molecule has 0 aliphatic carbocycles. The zero-order valence-electron chi connectivity index (χ0n) is 14.6. The molecule has 3 rings (SSSR count). The summed E-state index contributed by atoms with van der Waals surface area (Å²) in [7, 11) is 0. The van der Waals surface area contributed by atoms with Gasteiger partial charge in [0.15, 0.2) is 6.29 Å². The van der Waals surface area contributed by atoms with Crippen molar-refractivity contribution in [3.05, 3.63) is 48.0 Å². The summed E-state index contributed by atoms with van der Waals surface area (Å²) in [5, 5.41) is 5.87. The molecule has 2 atom stereocenters. The molecule has 25 heavy (non-hydrogen) atoms. The highest BCUT2D eigenvalue weighted by Gasteiger charge is 2.27. The monoisotopic (exact) mass is 342 g/mol. The fraction of sp³-hybridized carbons (Fsp3) is 0.500. The first-order chi connectivity index (χ1) is 12.3. The topological polar surface area (TPSA) is 51.1 Å². The number of amides is 1. The Kier molecular flexibility index (Phi) is 6.36. The largest absolute Gasteiger partial charge is 0.353 e. The van der Waals surface area contributed by atoms with E-state index in [1.165, 1.54) is 12.5 Å². The molecule has 1 saturated heterocycles. The van der Waals surface area contributed by atoms with Gasteiger partial charge < -0.3 is 9.47 Å². The third-order valence-corrected chi connectivity index (χ3v) is 4.69. The predicted molar refractivity (Wildman–Crippen MR) is 97.2 cm³/mol. The molecule has 1 fully saturated rings. The normalized spacial score (nSPS) is 22.5. The van der Waals surface area contributed by atoms with Crippen molar-refractivity contribution in [2.24, 2.45) is 5.10 Å². The second-order valence-electron chi connectivity index (χ2n) is 6.44. The fourth-order valence-electron chi connectivity index (χ4n) is 3.35. The van der Waals surface area contributed by atoms with E-state index in [9.17, 15) is 4.79 Å². The van der Waals surface area contributed by atoms with Crippen LogP contribution in [0.15, 0.2) is 42.0 Å². The number of unbranched alkanes of at least 4 members (excludes halogenated alkanes) is 1. The third-order valence-electron chi connectivity index (χ3n) is 4.69. The number of nitrogens with zero attached hydrogens (tertiary/aromatic N) is 2. The van der Waals surface area contributed by atoms with Gasteiger partial charge in [-0.3, -0.25) is 4.79 Å². The maximum atomic E-state index is 12.1. The number of hydrogen-bond donors (Lipinski definition) is 0. The molecule has 0 N–H and O–H groups in total. The van der Waals surface area contributed by atoms with Crippen LogP contribution in [0.5, 0.6) is 0 Å². The molecule has 5 nitrogen and oxygen atoms in total. The van der Waals surface area contributed by atoms with Crippen molar-refractivity contribution < 1.29 is 14.3 Å². The molecule has 0 spiro atoms. The fourth-order valence-corrected chi connectivity index (χ4v) is 3.35. The molecule has 0 saturated carbocycles. The van der Waals surface area contributed by atoms with Crippen molar-refractivity contribution in [2.75, 3.05) is 13.2 Å². The Bertz CT molecular complexity index is 623.